The van der Waals surface area contributed by atoms with Gasteiger partial charge in [0.1, 0.15) is 17.6 Å². The Labute approximate surface area is 238 Å². The van der Waals surface area contributed by atoms with E-state index < -0.39 is 0 Å². The Bertz CT molecular complexity index is 1720. The van der Waals surface area contributed by atoms with Gasteiger partial charge in [-0.25, -0.2) is 9.97 Å². The lowest BCUT2D eigenvalue weighted by Crippen LogP contribution is -2.38. The van der Waals surface area contributed by atoms with Crippen LogP contribution in [0, 0.1) is 11.3 Å². The summed E-state index contributed by atoms with van der Waals surface area (Å²) in [6, 6.07) is 27.9. The Hall–Kier alpha value is -5.00. The molecule has 0 amide bonds. The maximum Gasteiger partial charge on any atom is 0.234 e. The lowest BCUT2D eigenvalue weighted by Gasteiger charge is -2.32. The first-order valence-electron chi connectivity index (χ1n) is 13.9. The fraction of sp³-hybridized carbons (Fsp3) is 0.212. The van der Waals surface area contributed by atoms with Crippen molar-refractivity contribution in [3.8, 4) is 45.5 Å². The second kappa shape index (κ2) is 10.9. The summed E-state index contributed by atoms with van der Waals surface area (Å²) in [5, 5.41) is 12.5. The number of ether oxygens (including phenoxy) is 1. The van der Waals surface area contributed by atoms with E-state index in [1.807, 2.05) is 30.5 Å². The molecule has 1 saturated heterocycles. The number of fused-ring (bicyclic) bond motifs is 3. The van der Waals surface area contributed by atoms with Gasteiger partial charge in [0.05, 0.1) is 17.0 Å². The summed E-state index contributed by atoms with van der Waals surface area (Å²) in [5.74, 6) is 1.79. The summed E-state index contributed by atoms with van der Waals surface area (Å²) in [5.41, 5.74) is 8.14. The molecule has 3 aromatic heterocycles. The van der Waals surface area contributed by atoms with Gasteiger partial charge in [-0.05, 0) is 47.7 Å². The van der Waals surface area contributed by atoms with Gasteiger partial charge >= 0.3 is 0 Å². The number of anilines is 1. The molecular weight excluding hydrogens is 510 g/mol. The highest BCUT2D eigenvalue weighted by atomic mass is 16.5. The van der Waals surface area contributed by atoms with Crippen LogP contribution in [-0.2, 0) is 13.3 Å². The Morgan fingerprint density at radius 3 is 2.56 bits per heavy atom. The predicted molar refractivity (Wildman–Crippen MR) is 158 cm³/mol. The molecule has 8 heteroatoms. The number of piperidine rings is 1. The maximum absolute atomic E-state index is 9.05. The number of nitrogens with zero attached hydrogens (tertiary/aromatic N) is 6. The van der Waals surface area contributed by atoms with Crippen molar-refractivity contribution in [2.45, 2.75) is 32.2 Å². The van der Waals surface area contributed by atoms with Gasteiger partial charge < -0.3 is 14.6 Å². The Morgan fingerprint density at radius 2 is 1.76 bits per heavy atom. The smallest absolute Gasteiger partial charge is 0.234 e. The van der Waals surface area contributed by atoms with E-state index in [4.69, 9.17) is 10.00 Å². The van der Waals surface area contributed by atoms with E-state index in [9.17, 15) is 0 Å². The first-order chi connectivity index (χ1) is 20.2. The van der Waals surface area contributed by atoms with Crippen LogP contribution in [0.1, 0.15) is 24.2 Å². The van der Waals surface area contributed by atoms with Crippen LogP contribution in [0.15, 0.2) is 91.4 Å². The maximum atomic E-state index is 9.05. The van der Waals surface area contributed by atoms with Crippen LogP contribution in [0.5, 0.6) is 5.75 Å². The summed E-state index contributed by atoms with van der Waals surface area (Å²) < 4.78 is 8.36. The average molecular weight is 540 g/mol. The van der Waals surface area contributed by atoms with E-state index in [1.165, 1.54) is 16.7 Å². The number of pyridine rings is 1. The Kier molecular flexibility index (Phi) is 6.63. The minimum atomic E-state index is 0.197. The fourth-order valence-electron chi connectivity index (χ4n) is 5.85. The van der Waals surface area contributed by atoms with Gasteiger partial charge in [-0.3, -0.25) is 9.88 Å². The average Bonchev–Trinajstić information content (AvgIpc) is 3.43. The van der Waals surface area contributed by atoms with Crippen molar-refractivity contribution in [1.82, 2.24) is 24.4 Å². The lowest BCUT2D eigenvalue weighted by molar-refractivity contribution is 0.211. The molecule has 2 aromatic carbocycles. The summed E-state index contributed by atoms with van der Waals surface area (Å²) in [6.45, 7) is 3.40. The molecule has 0 atom stereocenters. The van der Waals surface area contributed by atoms with Gasteiger partial charge in [0.25, 0.3) is 0 Å². The minimum absolute atomic E-state index is 0.197. The fourth-order valence-corrected chi connectivity index (χ4v) is 5.85. The molecule has 0 spiro atoms. The van der Waals surface area contributed by atoms with Gasteiger partial charge in [0, 0.05) is 49.8 Å². The van der Waals surface area contributed by atoms with E-state index in [-0.39, 0.29) is 5.82 Å². The molecule has 8 nitrogen and oxygen atoms in total. The number of likely N-dealkylation sites (tertiary alicyclic amines) is 1. The largest absolute Gasteiger partial charge is 0.472 e. The van der Waals surface area contributed by atoms with Gasteiger partial charge in [-0.15, -0.1) is 0 Å². The molecule has 5 aromatic rings. The van der Waals surface area contributed by atoms with E-state index in [0.717, 1.165) is 66.6 Å². The SMILES string of the molecule is N#Cc1nccc(NC2CCN(Cc3ccc(-c4cc5n(c4-c4ccccc4)COc4ccncc4-5)cc3)CC2)n1. The molecule has 1 fully saturated rings. The number of rotatable bonds is 6. The highest BCUT2D eigenvalue weighted by Gasteiger charge is 2.25. The van der Waals surface area contributed by atoms with Crippen LogP contribution >= 0.6 is 0 Å². The van der Waals surface area contributed by atoms with Crippen molar-refractivity contribution < 1.29 is 4.74 Å². The number of benzene rings is 2. The molecule has 0 saturated carbocycles. The highest BCUT2D eigenvalue weighted by molar-refractivity contribution is 5.88. The summed E-state index contributed by atoms with van der Waals surface area (Å²) in [4.78, 5) is 15.1. The van der Waals surface area contributed by atoms with Crippen LogP contribution < -0.4 is 10.1 Å². The quantitative estimate of drug-likeness (QED) is 0.284. The van der Waals surface area contributed by atoms with Gasteiger partial charge in [0.2, 0.25) is 5.82 Å². The molecule has 2 aliphatic heterocycles. The summed E-state index contributed by atoms with van der Waals surface area (Å²) in [7, 11) is 0. The van der Waals surface area contributed by atoms with E-state index in [2.05, 4.69) is 84.3 Å². The van der Waals surface area contributed by atoms with E-state index >= 15 is 0 Å². The topological polar surface area (TPSA) is 91.9 Å². The number of aromatic nitrogens is 4. The predicted octanol–water partition coefficient (Wildman–Crippen LogP) is 5.97. The molecule has 0 aliphatic carbocycles. The Balaban J connectivity index is 1.08. The zero-order chi connectivity index (χ0) is 27.6. The van der Waals surface area contributed by atoms with Gasteiger partial charge in [-0.2, -0.15) is 5.26 Å². The van der Waals surface area contributed by atoms with Crippen molar-refractivity contribution in [2.24, 2.45) is 0 Å². The zero-order valence-electron chi connectivity index (χ0n) is 22.6. The standard InChI is InChI=1S/C33H29N7O/c34-19-32-36-15-11-31(38-32)37-26-12-16-39(17-13-26)21-23-6-8-24(9-7-23)27-18-29-28-20-35-14-10-30(28)41-22-40(29)33(27)25-4-2-1-3-5-25/h1-11,14-15,18,20,26H,12-13,16-17,21-22H2,(H,36,37,38). The first-order valence-corrected chi connectivity index (χ1v) is 13.9. The molecule has 41 heavy (non-hydrogen) atoms. The third kappa shape index (κ3) is 5.04. The molecule has 2 aliphatic rings. The van der Waals surface area contributed by atoms with Gasteiger partial charge in [-0.1, -0.05) is 54.6 Å². The summed E-state index contributed by atoms with van der Waals surface area (Å²) in [6.07, 6.45) is 7.34. The van der Waals surface area contributed by atoms with Crippen LogP contribution in [0.25, 0.3) is 33.6 Å². The Morgan fingerprint density at radius 1 is 0.927 bits per heavy atom. The molecule has 7 rings (SSSR count). The van der Waals surface area contributed by atoms with Crippen molar-refractivity contribution >= 4 is 5.82 Å². The number of nitriles is 1. The van der Waals surface area contributed by atoms with Crippen molar-refractivity contribution in [2.75, 3.05) is 18.4 Å². The first kappa shape index (κ1) is 25.0. The molecule has 0 radical (unpaired) electrons. The van der Waals surface area contributed by atoms with E-state index in [0.29, 0.717) is 12.8 Å². The molecule has 0 bridgehead atoms. The number of nitrogens with one attached hydrogen (secondary N) is 1. The zero-order valence-corrected chi connectivity index (χ0v) is 22.6. The third-order valence-electron chi connectivity index (χ3n) is 7.92. The molecule has 0 unspecified atom stereocenters. The monoisotopic (exact) mass is 539 g/mol. The second-order valence-electron chi connectivity index (χ2n) is 10.5. The van der Waals surface area contributed by atoms with Crippen LogP contribution in [-0.4, -0.2) is 43.6 Å². The minimum Gasteiger partial charge on any atom is -0.472 e. The molecular formula is C33H29N7O. The molecule has 202 valence electrons. The van der Waals surface area contributed by atoms with Gasteiger partial charge in [0.15, 0.2) is 6.73 Å². The van der Waals surface area contributed by atoms with Crippen LogP contribution in [0.3, 0.4) is 0 Å². The number of hydrogen-bond donors (Lipinski definition) is 1. The van der Waals surface area contributed by atoms with Crippen molar-refractivity contribution in [3.63, 3.8) is 0 Å². The summed E-state index contributed by atoms with van der Waals surface area (Å²) >= 11 is 0. The van der Waals surface area contributed by atoms with Crippen LogP contribution in [0.2, 0.25) is 0 Å². The number of hydrogen-bond acceptors (Lipinski definition) is 7. The highest BCUT2D eigenvalue weighted by Crippen LogP contribution is 2.43. The van der Waals surface area contributed by atoms with Crippen molar-refractivity contribution in [3.05, 3.63) is 103 Å². The second-order valence-corrected chi connectivity index (χ2v) is 10.5. The molecule has 5 heterocycles. The van der Waals surface area contributed by atoms with Crippen LogP contribution in [0.4, 0.5) is 5.82 Å². The van der Waals surface area contributed by atoms with Crippen molar-refractivity contribution in [1.29, 1.82) is 5.26 Å². The third-order valence-corrected chi connectivity index (χ3v) is 7.92. The molecule has 1 N–H and O–H groups in total. The van der Waals surface area contributed by atoms with E-state index in [1.54, 1.807) is 12.4 Å². The normalized spacial score (nSPS) is 14.9. The lowest BCUT2D eigenvalue weighted by atomic mass is 9.99.